The Morgan fingerprint density at radius 1 is 1.25 bits per heavy atom. The van der Waals surface area contributed by atoms with Gasteiger partial charge in [-0.25, -0.2) is 8.78 Å². The molecule has 1 saturated carbocycles. The highest BCUT2D eigenvalue weighted by Crippen LogP contribution is 2.35. The monoisotopic (exact) mass is 243 g/mol. The number of hydrogen-bond donors (Lipinski definition) is 1. The lowest BCUT2D eigenvalue weighted by Crippen LogP contribution is -2.00. The Hall–Kier alpha value is -0.770. The van der Waals surface area contributed by atoms with Crippen LogP contribution >= 0.6 is 11.8 Å². The number of thioether (sulfide) groups is 1. The molecular weight excluding hydrogens is 228 g/mol. The first kappa shape index (κ1) is 11.7. The zero-order valence-corrected chi connectivity index (χ0v) is 9.83. The van der Waals surface area contributed by atoms with Crippen molar-refractivity contribution in [1.82, 2.24) is 0 Å². The number of rotatable bonds is 3. The van der Waals surface area contributed by atoms with E-state index < -0.39 is 11.6 Å². The van der Waals surface area contributed by atoms with Gasteiger partial charge in [0.2, 0.25) is 0 Å². The number of nitrogens with two attached hydrogens (primary N) is 1. The van der Waals surface area contributed by atoms with Crippen molar-refractivity contribution in [3.8, 4) is 0 Å². The van der Waals surface area contributed by atoms with E-state index in [1.807, 2.05) is 0 Å². The van der Waals surface area contributed by atoms with Crippen molar-refractivity contribution < 1.29 is 8.78 Å². The second kappa shape index (κ2) is 5.04. The van der Waals surface area contributed by atoms with Gasteiger partial charge in [-0.1, -0.05) is 12.8 Å². The molecule has 1 aliphatic rings. The van der Waals surface area contributed by atoms with Crippen LogP contribution in [0.2, 0.25) is 0 Å². The molecule has 4 heteroatoms. The van der Waals surface area contributed by atoms with E-state index >= 15 is 0 Å². The first-order valence-corrected chi connectivity index (χ1v) is 6.53. The van der Waals surface area contributed by atoms with Gasteiger partial charge in [0.05, 0.1) is 4.90 Å². The predicted octanol–water partition coefficient (Wildman–Crippen LogP) is 3.83. The summed E-state index contributed by atoms with van der Waals surface area (Å²) in [7, 11) is 0. The lowest BCUT2D eigenvalue weighted by Gasteiger charge is -2.11. The molecule has 1 aliphatic carbocycles. The molecule has 0 spiro atoms. The number of benzene rings is 1. The average Bonchev–Trinajstić information content (AvgIpc) is 2.77. The van der Waals surface area contributed by atoms with Crippen LogP contribution in [0, 0.1) is 17.6 Å². The third-order valence-electron chi connectivity index (χ3n) is 3.02. The van der Waals surface area contributed by atoms with E-state index in [9.17, 15) is 8.78 Å². The Bertz CT molecular complexity index is 376. The minimum absolute atomic E-state index is 0.270. The Morgan fingerprint density at radius 2 is 1.94 bits per heavy atom. The Morgan fingerprint density at radius 3 is 2.62 bits per heavy atom. The molecule has 0 amide bonds. The van der Waals surface area contributed by atoms with Crippen molar-refractivity contribution in [2.24, 2.45) is 5.92 Å². The summed E-state index contributed by atoms with van der Waals surface area (Å²) in [5, 5.41) is 0. The van der Waals surface area contributed by atoms with Gasteiger partial charge in [-0.15, -0.1) is 11.8 Å². The highest BCUT2D eigenvalue weighted by atomic mass is 32.2. The maximum Gasteiger partial charge on any atom is 0.174 e. The molecule has 2 N–H and O–H groups in total. The molecule has 0 radical (unpaired) electrons. The third-order valence-corrected chi connectivity index (χ3v) is 4.36. The Labute approximate surface area is 98.4 Å². The van der Waals surface area contributed by atoms with E-state index in [0.717, 1.165) is 11.8 Å². The summed E-state index contributed by atoms with van der Waals surface area (Å²) in [6.07, 6.45) is 4.91. The quantitative estimate of drug-likeness (QED) is 0.645. The first-order chi connectivity index (χ1) is 7.68. The van der Waals surface area contributed by atoms with Crippen molar-refractivity contribution >= 4 is 17.4 Å². The second-order valence-electron chi connectivity index (χ2n) is 4.24. The van der Waals surface area contributed by atoms with Gasteiger partial charge in [0.15, 0.2) is 11.6 Å². The largest absolute Gasteiger partial charge is 0.398 e. The molecule has 0 aliphatic heterocycles. The first-order valence-electron chi connectivity index (χ1n) is 5.54. The van der Waals surface area contributed by atoms with Gasteiger partial charge in [0.1, 0.15) is 0 Å². The van der Waals surface area contributed by atoms with Crippen LogP contribution in [0.1, 0.15) is 25.7 Å². The molecule has 0 unspecified atom stereocenters. The van der Waals surface area contributed by atoms with Crippen LogP contribution in [0.25, 0.3) is 0 Å². The molecular formula is C12H15F2NS. The van der Waals surface area contributed by atoms with Crippen molar-refractivity contribution in [2.45, 2.75) is 30.6 Å². The fourth-order valence-electron chi connectivity index (χ4n) is 2.07. The maximum absolute atomic E-state index is 13.5. The van der Waals surface area contributed by atoms with E-state index in [1.165, 1.54) is 43.5 Å². The van der Waals surface area contributed by atoms with Gasteiger partial charge < -0.3 is 5.73 Å². The summed E-state index contributed by atoms with van der Waals surface area (Å²) >= 11 is 1.35. The molecule has 0 aromatic heterocycles. The molecule has 1 fully saturated rings. The number of halogens is 2. The van der Waals surface area contributed by atoms with E-state index in [0.29, 0.717) is 11.6 Å². The fraction of sp³-hybridized carbons (Fsp3) is 0.500. The lowest BCUT2D eigenvalue weighted by molar-refractivity contribution is 0.492. The average molecular weight is 243 g/mol. The van der Waals surface area contributed by atoms with Crippen LogP contribution in [-0.2, 0) is 0 Å². The van der Waals surface area contributed by atoms with Gasteiger partial charge >= 0.3 is 0 Å². The highest BCUT2D eigenvalue weighted by molar-refractivity contribution is 7.99. The van der Waals surface area contributed by atoms with Gasteiger partial charge in [-0.05, 0) is 30.9 Å². The molecule has 16 heavy (non-hydrogen) atoms. The van der Waals surface area contributed by atoms with Crippen molar-refractivity contribution in [1.29, 1.82) is 0 Å². The van der Waals surface area contributed by atoms with Crippen LogP contribution in [0.5, 0.6) is 0 Å². The summed E-state index contributed by atoms with van der Waals surface area (Å²) in [5.41, 5.74) is 5.98. The Kier molecular flexibility index (Phi) is 3.69. The standard InChI is InChI=1S/C12H15F2NS/c13-9-5-6-10(15)12(11(9)14)16-7-8-3-1-2-4-8/h5-6,8H,1-4,7,15H2. The smallest absolute Gasteiger partial charge is 0.174 e. The minimum Gasteiger partial charge on any atom is -0.398 e. The third kappa shape index (κ3) is 2.48. The summed E-state index contributed by atoms with van der Waals surface area (Å²) in [5.74, 6) is -0.150. The molecule has 1 aromatic rings. The summed E-state index contributed by atoms with van der Waals surface area (Å²) in [6.45, 7) is 0. The molecule has 0 atom stereocenters. The SMILES string of the molecule is Nc1ccc(F)c(F)c1SCC1CCCC1. The maximum atomic E-state index is 13.5. The molecule has 1 aromatic carbocycles. The molecule has 88 valence electrons. The second-order valence-corrected chi connectivity index (χ2v) is 5.27. The molecule has 0 saturated heterocycles. The van der Waals surface area contributed by atoms with E-state index in [4.69, 9.17) is 5.73 Å². The molecule has 1 nitrogen and oxygen atoms in total. The molecule has 0 heterocycles. The van der Waals surface area contributed by atoms with Gasteiger partial charge in [-0.3, -0.25) is 0 Å². The normalized spacial score (nSPS) is 16.9. The van der Waals surface area contributed by atoms with Crippen molar-refractivity contribution in [3.05, 3.63) is 23.8 Å². The summed E-state index contributed by atoms with van der Waals surface area (Å²) < 4.78 is 26.5. The molecule has 0 bridgehead atoms. The zero-order chi connectivity index (χ0) is 11.5. The summed E-state index contributed by atoms with van der Waals surface area (Å²) in [6, 6.07) is 2.50. The van der Waals surface area contributed by atoms with Crippen LogP contribution in [0.4, 0.5) is 14.5 Å². The predicted molar refractivity (Wildman–Crippen MR) is 63.5 cm³/mol. The zero-order valence-electron chi connectivity index (χ0n) is 9.01. The minimum atomic E-state index is -0.817. The highest BCUT2D eigenvalue weighted by Gasteiger charge is 2.18. The number of hydrogen-bond acceptors (Lipinski definition) is 2. The fourth-order valence-corrected chi connectivity index (χ4v) is 3.27. The van der Waals surface area contributed by atoms with Crippen LogP contribution in [-0.4, -0.2) is 5.75 Å². The van der Waals surface area contributed by atoms with E-state index in [2.05, 4.69) is 0 Å². The Balaban J connectivity index is 2.05. The topological polar surface area (TPSA) is 26.0 Å². The number of nitrogen functional groups attached to an aromatic ring is 1. The lowest BCUT2D eigenvalue weighted by atomic mass is 10.1. The van der Waals surface area contributed by atoms with E-state index in [1.54, 1.807) is 0 Å². The van der Waals surface area contributed by atoms with Crippen molar-refractivity contribution in [3.63, 3.8) is 0 Å². The number of anilines is 1. The van der Waals surface area contributed by atoms with Gasteiger partial charge in [0, 0.05) is 11.4 Å². The van der Waals surface area contributed by atoms with Crippen LogP contribution < -0.4 is 5.73 Å². The molecule has 2 rings (SSSR count). The van der Waals surface area contributed by atoms with Crippen LogP contribution in [0.3, 0.4) is 0 Å². The van der Waals surface area contributed by atoms with Crippen LogP contribution in [0.15, 0.2) is 17.0 Å². The summed E-state index contributed by atoms with van der Waals surface area (Å²) in [4.78, 5) is 0.270. The van der Waals surface area contributed by atoms with Gasteiger partial charge in [0.25, 0.3) is 0 Å². The van der Waals surface area contributed by atoms with Gasteiger partial charge in [-0.2, -0.15) is 0 Å². The van der Waals surface area contributed by atoms with E-state index in [-0.39, 0.29) is 4.90 Å². The van der Waals surface area contributed by atoms with Crippen molar-refractivity contribution in [2.75, 3.05) is 11.5 Å².